The lowest BCUT2D eigenvalue weighted by Gasteiger charge is -2.21. The van der Waals surface area contributed by atoms with Crippen molar-refractivity contribution in [1.29, 1.82) is 0 Å². The minimum Gasteiger partial charge on any atom is -0.300 e. The molecule has 158 valence electrons. The predicted octanol–water partition coefficient (Wildman–Crippen LogP) is 3.94. The summed E-state index contributed by atoms with van der Waals surface area (Å²) in [5, 5.41) is 12.0. The zero-order valence-electron chi connectivity index (χ0n) is 16.9. The van der Waals surface area contributed by atoms with Gasteiger partial charge in [0.1, 0.15) is 5.01 Å². The van der Waals surface area contributed by atoms with Crippen molar-refractivity contribution in [3.05, 3.63) is 60.2 Å². The van der Waals surface area contributed by atoms with Gasteiger partial charge in [-0.15, -0.1) is 10.2 Å². The van der Waals surface area contributed by atoms with Crippen LogP contribution in [0.1, 0.15) is 25.3 Å². The van der Waals surface area contributed by atoms with Crippen molar-refractivity contribution in [3.63, 3.8) is 0 Å². The van der Waals surface area contributed by atoms with Crippen LogP contribution >= 0.6 is 11.3 Å². The number of hydrogen-bond donors (Lipinski definition) is 1. The second kappa shape index (κ2) is 9.92. The molecule has 0 aliphatic carbocycles. The van der Waals surface area contributed by atoms with Crippen LogP contribution in [0.5, 0.6) is 0 Å². The highest BCUT2D eigenvalue weighted by Crippen LogP contribution is 2.27. The van der Waals surface area contributed by atoms with Gasteiger partial charge in [-0.05, 0) is 31.5 Å². The van der Waals surface area contributed by atoms with Crippen molar-refractivity contribution < 1.29 is 13.2 Å². The van der Waals surface area contributed by atoms with Gasteiger partial charge in [0.15, 0.2) is 0 Å². The first kappa shape index (κ1) is 22.1. The predicted molar refractivity (Wildman–Crippen MR) is 119 cm³/mol. The lowest BCUT2D eigenvalue weighted by molar-refractivity contribution is -0.116. The number of amides is 1. The summed E-state index contributed by atoms with van der Waals surface area (Å²) in [5.41, 5.74) is 2.06. The van der Waals surface area contributed by atoms with Crippen LogP contribution in [0.3, 0.4) is 0 Å². The fraction of sp³-hybridized carbons (Fsp3) is 0.286. The van der Waals surface area contributed by atoms with Gasteiger partial charge >= 0.3 is 0 Å². The highest BCUT2D eigenvalue weighted by Gasteiger charge is 2.24. The molecule has 1 aromatic heterocycles. The molecule has 3 rings (SSSR count). The summed E-state index contributed by atoms with van der Waals surface area (Å²) in [6.45, 7) is 4.35. The van der Waals surface area contributed by atoms with Gasteiger partial charge in [-0.1, -0.05) is 60.2 Å². The number of carbonyl (C=O) groups excluding carboxylic acids is 1. The number of rotatable bonds is 9. The van der Waals surface area contributed by atoms with E-state index in [1.165, 1.54) is 15.6 Å². The molecular formula is C21H24N4O3S2. The highest BCUT2D eigenvalue weighted by molar-refractivity contribution is 7.89. The second-order valence-electron chi connectivity index (χ2n) is 6.80. The van der Waals surface area contributed by atoms with E-state index in [1.807, 2.05) is 38.1 Å². The summed E-state index contributed by atoms with van der Waals surface area (Å²) >= 11 is 1.28. The largest absolute Gasteiger partial charge is 0.300 e. The van der Waals surface area contributed by atoms with Crippen LogP contribution in [0.15, 0.2) is 59.5 Å². The van der Waals surface area contributed by atoms with Crippen molar-refractivity contribution in [2.45, 2.75) is 31.6 Å². The summed E-state index contributed by atoms with van der Waals surface area (Å²) < 4.78 is 27.1. The molecule has 1 heterocycles. The fourth-order valence-corrected chi connectivity index (χ4v) is 5.23. The van der Waals surface area contributed by atoms with Crippen LogP contribution in [-0.2, 0) is 14.8 Å². The molecule has 2 aromatic carbocycles. The first-order valence-electron chi connectivity index (χ1n) is 9.65. The van der Waals surface area contributed by atoms with Crippen molar-refractivity contribution in [3.8, 4) is 10.6 Å². The average Bonchev–Trinajstić information content (AvgIpc) is 3.20. The molecule has 0 unspecified atom stereocenters. The lowest BCUT2D eigenvalue weighted by atomic mass is 10.1. The quantitative estimate of drug-likeness (QED) is 0.540. The van der Waals surface area contributed by atoms with E-state index in [9.17, 15) is 13.2 Å². The summed E-state index contributed by atoms with van der Waals surface area (Å²) in [5.74, 6) is -0.300. The zero-order valence-corrected chi connectivity index (χ0v) is 18.5. The molecule has 3 aromatic rings. The maximum Gasteiger partial charge on any atom is 0.243 e. The number of anilines is 1. The smallest absolute Gasteiger partial charge is 0.243 e. The van der Waals surface area contributed by atoms with Gasteiger partial charge in [0.25, 0.3) is 0 Å². The average molecular weight is 445 g/mol. The molecule has 1 N–H and O–H groups in total. The Morgan fingerprint density at radius 1 is 1.07 bits per heavy atom. The van der Waals surface area contributed by atoms with E-state index in [1.54, 1.807) is 30.3 Å². The molecule has 0 aliphatic rings. The van der Waals surface area contributed by atoms with Gasteiger partial charge in [0, 0.05) is 25.1 Å². The lowest BCUT2D eigenvalue weighted by Crippen LogP contribution is -2.34. The van der Waals surface area contributed by atoms with Crippen LogP contribution in [0, 0.1) is 6.92 Å². The molecule has 0 atom stereocenters. The van der Waals surface area contributed by atoms with E-state index in [0.717, 1.165) is 11.1 Å². The molecule has 0 saturated carbocycles. The molecule has 0 bridgehead atoms. The second-order valence-corrected chi connectivity index (χ2v) is 9.71. The molecule has 1 amide bonds. The Morgan fingerprint density at radius 3 is 2.53 bits per heavy atom. The van der Waals surface area contributed by atoms with Crippen LogP contribution in [0.4, 0.5) is 5.13 Å². The molecule has 30 heavy (non-hydrogen) atoms. The van der Waals surface area contributed by atoms with Crippen LogP contribution in [0.2, 0.25) is 0 Å². The maximum absolute atomic E-state index is 12.9. The third-order valence-electron chi connectivity index (χ3n) is 4.38. The van der Waals surface area contributed by atoms with Gasteiger partial charge in [-0.25, -0.2) is 8.42 Å². The topological polar surface area (TPSA) is 92.3 Å². The standard InChI is InChI=1S/C21H24N4O3S2/c1-3-13-25(30(27,28)18-10-5-4-6-11-18)14-12-19(26)22-21-24-23-20(29-21)17-9-7-8-16(2)15-17/h4-11,15H,3,12-14H2,1-2H3,(H,22,24,26). The minimum atomic E-state index is -3.64. The van der Waals surface area contributed by atoms with Crippen molar-refractivity contribution in [1.82, 2.24) is 14.5 Å². The minimum absolute atomic E-state index is 0.0332. The molecular weight excluding hydrogens is 420 g/mol. The third kappa shape index (κ3) is 5.50. The Hall–Kier alpha value is -2.62. The zero-order chi connectivity index (χ0) is 21.6. The van der Waals surface area contributed by atoms with E-state index in [0.29, 0.717) is 23.1 Å². The van der Waals surface area contributed by atoms with Gasteiger partial charge in [-0.3, -0.25) is 4.79 Å². The molecule has 7 nitrogen and oxygen atoms in total. The summed E-state index contributed by atoms with van der Waals surface area (Å²) in [4.78, 5) is 12.6. The Balaban J connectivity index is 1.63. The van der Waals surface area contributed by atoms with Gasteiger partial charge in [0.05, 0.1) is 4.90 Å². The Labute approximate surface area is 180 Å². The van der Waals surface area contributed by atoms with E-state index in [2.05, 4.69) is 15.5 Å². The molecule has 9 heteroatoms. The molecule has 0 saturated heterocycles. The van der Waals surface area contributed by atoms with E-state index in [4.69, 9.17) is 0 Å². The summed E-state index contributed by atoms with van der Waals surface area (Å²) in [7, 11) is -3.64. The van der Waals surface area contributed by atoms with E-state index < -0.39 is 10.0 Å². The van der Waals surface area contributed by atoms with Crippen LogP contribution < -0.4 is 5.32 Å². The first-order valence-corrected chi connectivity index (χ1v) is 11.9. The SMILES string of the molecule is CCCN(CCC(=O)Nc1nnc(-c2cccc(C)c2)s1)S(=O)(=O)c1ccccc1. The summed E-state index contributed by atoms with van der Waals surface area (Å²) in [6, 6.07) is 16.1. The number of aryl methyl sites for hydroxylation is 1. The normalized spacial score (nSPS) is 11.6. The third-order valence-corrected chi connectivity index (χ3v) is 7.18. The first-order chi connectivity index (χ1) is 14.4. The fourth-order valence-electron chi connectivity index (χ4n) is 2.92. The number of nitrogens with one attached hydrogen (secondary N) is 1. The van der Waals surface area contributed by atoms with Crippen molar-refractivity contribution >= 4 is 32.4 Å². The van der Waals surface area contributed by atoms with E-state index in [-0.39, 0.29) is 23.8 Å². The van der Waals surface area contributed by atoms with E-state index >= 15 is 0 Å². The molecule has 0 radical (unpaired) electrons. The molecule has 0 spiro atoms. The highest BCUT2D eigenvalue weighted by atomic mass is 32.2. The number of aromatic nitrogens is 2. The summed E-state index contributed by atoms with van der Waals surface area (Å²) in [6.07, 6.45) is 0.690. The van der Waals surface area contributed by atoms with Crippen molar-refractivity contribution in [2.75, 3.05) is 18.4 Å². The van der Waals surface area contributed by atoms with Crippen molar-refractivity contribution in [2.24, 2.45) is 0 Å². The number of carbonyl (C=O) groups is 1. The monoisotopic (exact) mass is 444 g/mol. The van der Waals surface area contributed by atoms with Gasteiger partial charge < -0.3 is 5.32 Å². The Bertz CT molecular complexity index is 1100. The number of sulfonamides is 1. The number of nitrogens with zero attached hydrogens (tertiary/aromatic N) is 3. The maximum atomic E-state index is 12.9. The van der Waals surface area contributed by atoms with Crippen LogP contribution in [0.25, 0.3) is 10.6 Å². The number of hydrogen-bond acceptors (Lipinski definition) is 6. The molecule has 0 aliphatic heterocycles. The van der Waals surface area contributed by atoms with Gasteiger partial charge in [-0.2, -0.15) is 4.31 Å². The Morgan fingerprint density at radius 2 is 1.83 bits per heavy atom. The van der Waals surface area contributed by atoms with Gasteiger partial charge in [0.2, 0.25) is 21.1 Å². The van der Waals surface area contributed by atoms with Crippen LogP contribution in [-0.4, -0.2) is 41.9 Å². The number of benzene rings is 2. The molecule has 0 fully saturated rings. The Kier molecular flexibility index (Phi) is 7.30.